The van der Waals surface area contributed by atoms with Crippen LogP contribution >= 0.6 is 0 Å². The maximum absolute atomic E-state index is 12.6. The normalized spacial score (nSPS) is 12.3. The van der Waals surface area contributed by atoms with Crippen molar-refractivity contribution in [1.29, 1.82) is 0 Å². The van der Waals surface area contributed by atoms with Crippen molar-refractivity contribution in [3.63, 3.8) is 0 Å². The average molecular weight is 327 g/mol. The highest BCUT2D eigenvalue weighted by molar-refractivity contribution is 5.79. The van der Waals surface area contributed by atoms with Gasteiger partial charge in [0.15, 0.2) is 0 Å². The number of benzene rings is 1. The Kier molecular flexibility index (Phi) is 4.10. The molecule has 0 spiro atoms. The fourth-order valence-corrected chi connectivity index (χ4v) is 1.88. The van der Waals surface area contributed by atoms with Gasteiger partial charge in [-0.05, 0) is 32.9 Å². The molecule has 0 atom stereocenters. The lowest BCUT2D eigenvalue weighted by atomic mass is 10.1. The first-order chi connectivity index (χ1) is 10.5. The first-order valence-corrected chi connectivity index (χ1v) is 6.74. The van der Waals surface area contributed by atoms with Gasteiger partial charge >= 0.3 is 12.3 Å². The third-order valence-electron chi connectivity index (χ3n) is 2.80. The van der Waals surface area contributed by atoms with Gasteiger partial charge in [-0.2, -0.15) is 17.9 Å². The second-order valence-corrected chi connectivity index (χ2v) is 5.92. The molecule has 0 saturated heterocycles. The molecule has 0 aliphatic heterocycles. The lowest BCUT2D eigenvalue weighted by molar-refractivity contribution is -0.137. The lowest BCUT2D eigenvalue weighted by Gasteiger charge is -2.19. The summed E-state index contributed by atoms with van der Waals surface area (Å²) in [5.74, 6) is 0.0609. The summed E-state index contributed by atoms with van der Waals surface area (Å²) in [5, 5.41) is 3.84. The van der Waals surface area contributed by atoms with E-state index in [1.165, 1.54) is 18.2 Å². The predicted molar refractivity (Wildman–Crippen MR) is 78.7 cm³/mol. The van der Waals surface area contributed by atoms with Crippen LogP contribution in [-0.4, -0.2) is 21.5 Å². The second kappa shape index (κ2) is 5.60. The molecule has 1 aromatic heterocycles. The number of hydrogen-bond acceptors (Lipinski definition) is 4. The molecule has 8 heteroatoms. The molecule has 2 aromatic rings. The highest BCUT2D eigenvalue weighted by atomic mass is 19.4. The number of nitrogens with zero attached hydrogens (tertiary/aromatic N) is 2. The maximum Gasteiger partial charge on any atom is 0.435 e. The van der Waals surface area contributed by atoms with E-state index in [-0.39, 0.29) is 11.5 Å². The zero-order chi connectivity index (χ0) is 17.4. The highest BCUT2D eigenvalue weighted by Crippen LogP contribution is 2.31. The van der Waals surface area contributed by atoms with Crippen LogP contribution in [0.25, 0.3) is 11.3 Å². The molecule has 0 fully saturated rings. The number of alkyl halides is 3. The van der Waals surface area contributed by atoms with Crippen LogP contribution in [-0.2, 0) is 10.9 Å². The van der Waals surface area contributed by atoms with Crippen molar-refractivity contribution in [3.05, 3.63) is 35.9 Å². The number of nitrogen functional groups attached to an aromatic ring is 1. The standard InChI is InChI=1S/C15H16F3N3O2/c1-14(2,3)23-13(22)21-11(8-12(19)20-21)9-4-6-10(7-5-9)15(16,17)18/h4-8H,1-3H3,(H2,19,20). The van der Waals surface area contributed by atoms with Crippen LogP contribution < -0.4 is 5.73 Å². The van der Waals surface area contributed by atoms with Crippen LogP contribution in [0, 0.1) is 0 Å². The highest BCUT2D eigenvalue weighted by Gasteiger charge is 2.30. The smallest absolute Gasteiger partial charge is 0.435 e. The maximum atomic E-state index is 12.6. The summed E-state index contributed by atoms with van der Waals surface area (Å²) in [6.07, 6.45) is -5.19. The van der Waals surface area contributed by atoms with Crippen molar-refractivity contribution in [2.45, 2.75) is 32.5 Å². The van der Waals surface area contributed by atoms with Gasteiger partial charge in [-0.1, -0.05) is 12.1 Å². The van der Waals surface area contributed by atoms with Gasteiger partial charge in [-0.15, -0.1) is 5.10 Å². The van der Waals surface area contributed by atoms with E-state index in [1.807, 2.05) is 0 Å². The van der Waals surface area contributed by atoms with Crippen molar-refractivity contribution >= 4 is 11.9 Å². The van der Waals surface area contributed by atoms with Crippen LogP contribution in [0.3, 0.4) is 0 Å². The largest absolute Gasteiger partial charge is 0.442 e. The van der Waals surface area contributed by atoms with E-state index in [1.54, 1.807) is 20.8 Å². The molecule has 0 saturated carbocycles. The minimum Gasteiger partial charge on any atom is -0.442 e. The molecule has 2 rings (SSSR count). The molecule has 0 unspecified atom stereocenters. The molecule has 1 aromatic carbocycles. The van der Waals surface area contributed by atoms with E-state index >= 15 is 0 Å². The van der Waals surface area contributed by atoms with E-state index < -0.39 is 23.4 Å². The van der Waals surface area contributed by atoms with E-state index in [2.05, 4.69) is 5.10 Å². The molecule has 0 aliphatic rings. The number of ether oxygens (including phenoxy) is 1. The van der Waals surface area contributed by atoms with Gasteiger partial charge in [0.1, 0.15) is 11.4 Å². The Bertz CT molecular complexity index is 713. The SMILES string of the molecule is CC(C)(C)OC(=O)n1nc(N)cc1-c1ccc(C(F)(F)F)cc1. The fraction of sp³-hybridized carbons (Fsp3) is 0.333. The van der Waals surface area contributed by atoms with Crippen LogP contribution in [0.4, 0.5) is 23.8 Å². The molecular weight excluding hydrogens is 311 g/mol. The quantitative estimate of drug-likeness (QED) is 0.861. The number of carbonyl (C=O) groups excluding carboxylic acids is 1. The summed E-state index contributed by atoms with van der Waals surface area (Å²) in [4.78, 5) is 12.1. The summed E-state index contributed by atoms with van der Waals surface area (Å²) in [6, 6.07) is 5.75. The molecule has 2 N–H and O–H groups in total. The van der Waals surface area contributed by atoms with Crippen LogP contribution in [0.1, 0.15) is 26.3 Å². The number of aromatic nitrogens is 2. The molecule has 124 valence electrons. The Morgan fingerprint density at radius 3 is 2.22 bits per heavy atom. The van der Waals surface area contributed by atoms with Gasteiger partial charge in [0.25, 0.3) is 0 Å². The molecular formula is C15H16F3N3O2. The number of carbonyl (C=O) groups is 1. The minimum absolute atomic E-state index is 0.0609. The number of hydrogen-bond donors (Lipinski definition) is 1. The van der Waals surface area contributed by atoms with E-state index in [9.17, 15) is 18.0 Å². The zero-order valence-corrected chi connectivity index (χ0v) is 12.8. The Hall–Kier alpha value is -2.51. The van der Waals surface area contributed by atoms with E-state index in [0.29, 0.717) is 5.56 Å². The van der Waals surface area contributed by atoms with Crippen LogP contribution in [0.5, 0.6) is 0 Å². The first kappa shape index (κ1) is 16.9. The molecule has 0 aliphatic carbocycles. The Morgan fingerprint density at radius 1 is 1.17 bits per heavy atom. The van der Waals surface area contributed by atoms with E-state index in [4.69, 9.17) is 10.5 Å². The van der Waals surface area contributed by atoms with Gasteiger partial charge < -0.3 is 10.5 Å². The average Bonchev–Trinajstić information content (AvgIpc) is 2.78. The fourth-order valence-electron chi connectivity index (χ4n) is 1.88. The van der Waals surface area contributed by atoms with Crippen LogP contribution in [0.2, 0.25) is 0 Å². The monoisotopic (exact) mass is 327 g/mol. The molecule has 0 bridgehead atoms. The Balaban J connectivity index is 2.39. The third kappa shape index (κ3) is 4.02. The summed E-state index contributed by atoms with van der Waals surface area (Å²) >= 11 is 0. The summed E-state index contributed by atoms with van der Waals surface area (Å²) in [7, 11) is 0. The summed E-state index contributed by atoms with van der Waals surface area (Å²) in [6.45, 7) is 5.07. The van der Waals surface area contributed by atoms with Crippen LogP contribution in [0.15, 0.2) is 30.3 Å². The zero-order valence-electron chi connectivity index (χ0n) is 12.8. The number of rotatable bonds is 1. The lowest BCUT2D eigenvalue weighted by Crippen LogP contribution is -2.28. The number of halogens is 3. The third-order valence-corrected chi connectivity index (χ3v) is 2.80. The van der Waals surface area contributed by atoms with Gasteiger partial charge in [0, 0.05) is 11.6 Å². The van der Waals surface area contributed by atoms with Crippen molar-refractivity contribution in [2.24, 2.45) is 0 Å². The van der Waals surface area contributed by atoms with Crippen molar-refractivity contribution in [3.8, 4) is 11.3 Å². The molecule has 23 heavy (non-hydrogen) atoms. The summed E-state index contributed by atoms with van der Waals surface area (Å²) < 4.78 is 44.0. The first-order valence-electron chi connectivity index (χ1n) is 6.74. The van der Waals surface area contributed by atoms with Crippen molar-refractivity contribution in [1.82, 2.24) is 9.78 Å². The molecule has 0 radical (unpaired) electrons. The summed E-state index contributed by atoms with van der Waals surface area (Å²) in [5.41, 5.74) is 4.70. The molecule has 1 heterocycles. The Morgan fingerprint density at radius 2 is 1.74 bits per heavy atom. The minimum atomic E-state index is -4.43. The van der Waals surface area contributed by atoms with Gasteiger partial charge in [-0.25, -0.2) is 4.79 Å². The topological polar surface area (TPSA) is 70.1 Å². The molecule has 0 amide bonds. The molecule has 5 nitrogen and oxygen atoms in total. The van der Waals surface area contributed by atoms with Crippen molar-refractivity contribution in [2.75, 3.05) is 5.73 Å². The number of nitrogens with two attached hydrogens (primary N) is 1. The number of anilines is 1. The Labute approximate surface area is 130 Å². The van der Waals surface area contributed by atoms with Gasteiger partial charge in [-0.3, -0.25) is 0 Å². The second-order valence-electron chi connectivity index (χ2n) is 5.92. The van der Waals surface area contributed by atoms with E-state index in [0.717, 1.165) is 16.8 Å². The van der Waals surface area contributed by atoms with Crippen molar-refractivity contribution < 1.29 is 22.7 Å². The predicted octanol–water partition coefficient (Wildman–Crippen LogP) is 3.93. The van der Waals surface area contributed by atoms with Gasteiger partial charge in [0.2, 0.25) is 0 Å². The van der Waals surface area contributed by atoms with Gasteiger partial charge in [0.05, 0.1) is 11.3 Å².